The van der Waals surface area contributed by atoms with Crippen molar-refractivity contribution < 1.29 is 24.9 Å². The number of carbonyl (C=O) groups is 2. The van der Waals surface area contributed by atoms with Gasteiger partial charge >= 0.3 is 0 Å². The zero-order valence-electron chi connectivity index (χ0n) is 11.7. The smallest absolute Gasteiger partial charge is 0.216 e. The van der Waals surface area contributed by atoms with Gasteiger partial charge in [0.25, 0.3) is 0 Å². The van der Waals surface area contributed by atoms with Crippen LogP contribution in [0.15, 0.2) is 0 Å². The summed E-state index contributed by atoms with van der Waals surface area (Å²) in [4.78, 5) is 22.2. The first-order valence-electron chi connectivity index (χ1n) is 6.37. The van der Waals surface area contributed by atoms with Crippen molar-refractivity contribution in [3.05, 3.63) is 0 Å². The molecule has 0 heterocycles. The quantitative estimate of drug-likeness (QED) is 0.371. The maximum atomic E-state index is 11.6. The Morgan fingerprint density at radius 3 is 2.40 bits per heavy atom. The number of carbonyl (C=O) groups excluding carboxylic acids is 2. The van der Waals surface area contributed by atoms with Gasteiger partial charge in [0.2, 0.25) is 5.91 Å². The van der Waals surface area contributed by atoms with Gasteiger partial charge in [-0.3, -0.25) is 9.59 Å². The summed E-state index contributed by atoms with van der Waals surface area (Å²) in [6.45, 7) is 3.77. The van der Waals surface area contributed by atoms with E-state index in [2.05, 4.69) is 5.32 Å². The van der Waals surface area contributed by atoms with Crippen LogP contribution < -0.4 is 5.32 Å². The maximum absolute atomic E-state index is 11.6. The summed E-state index contributed by atoms with van der Waals surface area (Å²) in [5, 5.41) is 31.5. The SMILES string of the molecule is CCSC[C@H](O)[C@@H](O)[C@H](O)C(=O)CSCCNC(C)=O. The Balaban J connectivity index is 3.92. The van der Waals surface area contributed by atoms with Gasteiger partial charge < -0.3 is 20.6 Å². The summed E-state index contributed by atoms with van der Waals surface area (Å²) in [6.07, 6.45) is -4.16. The predicted molar refractivity (Wildman–Crippen MR) is 82.0 cm³/mol. The summed E-state index contributed by atoms with van der Waals surface area (Å²) in [5.41, 5.74) is 0. The first-order valence-corrected chi connectivity index (χ1v) is 8.67. The second kappa shape index (κ2) is 11.4. The molecule has 4 N–H and O–H groups in total. The van der Waals surface area contributed by atoms with Gasteiger partial charge in [-0.2, -0.15) is 23.5 Å². The molecule has 6 nitrogen and oxygen atoms in total. The summed E-state index contributed by atoms with van der Waals surface area (Å²) in [7, 11) is 0. The van der Waals surface area contributed by atoms with Gasteiger partial charge in [0.1, 0.15) is 12.2 Å². The first-order chi connectivity index (χ1) is 9.40. The molecule has 118 valence electrons. The normalized spacial score (nSPS) is 15.4. The highest BCUT2D eigenvalue weighted by molar-refractivity contribution is 8.00. The van der Waals surface area contributed by atoms with Crippen molar-refractivity contribution in [2.45, 2.75) is 32.2 Å². The minimum atomic E-state index is -1.57. The van der Waals surface area contributed by atoms with Crippen LogP contribution in [0.5, 0.6) is 0 Å². The molecule has 0 aliphatic rings. The number of ketones is 1. The van der Waals surface area contributed by atoms with Crippen LogP contribution in [-0.4, -0.2) is 74.9 Å². The van der Waals surface area contributed by atoms with E-state index < -0.39 is 24.1 Å². The molecule has 0 aliphatic carbocycles. The monoisotopic (exact) mass is 325 g/mol. The van der Waals surface area contributed by atoms with Crippen LogP contribution in [0, 0.1) is 0 Å². The van der Waals surface area contributed by atoms with E-state index in [9.17, 15) is 24.9 Å². The molecule has 0 fully saturated rings. The Kier molecular flexibility index (Phi) is 11.2. The number of hydrogen-bond acceptors (Lipinski definition) is 7. The molecule has 0 aromatic carbocycles. The lowest BCUT2D eigenvalue weighted by Crippen LogP contribution is -2.44. The van der Waals surface area contributed by atoms with Crippen molar-refractivity contribution in [2.24, 2.45) is 0 Å². The number of aliphatic hydroxyl groups is 3. The summed E-state index contributed by atoms with van der Waals surface area (Å²) in [6, 6.07) is 0. The fraction of sp³-hybridized carbons (Fsp3) is 0.833. The fourth-order valence-corrected chi connectivity index (χ4v) is 2.73. The van der Waals surface area contributed by atoms with E-state index in [4.69, 9.17) is 0 Å². The molecule has 0 saturated carbocycles. The highest BCUT2D eigenvalue weighted by Crippen LogP contribution is 2.11. The molecular formula is C12H23NO5S2. The van der Waals surface area contributed by atoms with E-state index in [0.29, 0.717) is 12.3 Å². The largest absolute Gasteiger partial charge is 0.389 e. The topological polar surface area (TPSA) is 107 Å². The molecular weight excluding hydrogens is 302 g/mol. The molecule has 0 aromatic rings. The highest BCUT2D eigenvalue weighted by atomic mass is 32.2. The summed E-state index contributed by atoms with van der Waals surface area (Å²) in [5.74, 6) is 0.980. The van der Waals surface area contributed by atoms with Crippen molar-refractivity contribution in [1.29, 1.82) is 0 Å². The van der Waals surface area contributed by atoms with Crippen molar-refractivity contribution in [3.8, 4) is 0 Å². The Labute approximate surface area is 127 Å². The number of nitrogens with one attached hydrogen (secondary N) is 1. The Morgan fingerprint density at radius 2 is 1.85 bits per heavy atom. The zero-order valence-corrected chi connectivity index (χ0v) is 13.4. The lowest BCUT2D eigenvalue weighted by Gasteiger charge is -2.21. The third kappa shape index (κ3) is 8.80. The van der Waals surface area contributed by atoms with Crippen LogP contribution in [-0.2, 0) is 9.59 Å². The van der Waals surface area contributed by atoms with Crippen molar-refractivity contribution in [3.63, 3.8) is 0 Å². The number of amides is 1. The van der Waals surface area contributed by atoms with Crippen LogP contribution in [0.4, 0.5) is 0 Å². The van der Waals surface area contributed by atoms with E-state index >= 15 is 0 Å². The number of thioether (sulfide) groups is 2. The van der Waals surface area contributed by atoms with E-state index in [1.54, 1.807) is 0 Å². The minimum absolute atomic E-state index is 0.0332. The molecule has 0 saturated heterocycles. The van der Waals surface area contributed by atoms with Crippen LogP contribution in [0.25, 0.3) is 0 Å². The lowest BCUT2D eigenvalue weighted by atomic mass is 10.1. The van der Waals surface area contributed by atoms with E-state index in [-0.39, 0.29) is 17.4 Å². The van der Waals surface area contributed by atoms with Crippen LogP contribution in [0.1, 0.15) is 13.8 Å². The maximum Gasteiger partial charge on any atom is 0.216 e. The Morgan fingerprint density at radius 1 is 1.20 bits per heavy atom. The van der Waals surface area contributed by atoms with Crippen LogP contribution in [0.3, 0.4) is 0 Å². The molecule has 0 unspecified atom stereocenters. The average molecular weight is 325 g/mol. The van der Waals surface area contributed by atoms with Gasteiger partial charge in [-0.15, -0.1) is 0 Å². The van der Waals surface area contributed by atoms with Gasteiger partial charge in [-0.1, -0.05) is 6.92 Å². The Bertz CT molecular complexity index is 304. The predicted octanol–water partition coefficient (Wildman–Crippen LogP) is -0.739. The third-order valence-electron chi connectivity index (χ3n) is 2.41. The van der Waals surface area contributed by atoms with E-state index in [0.717, 1.165) is 5.75 Å². The number of rotatable bonds is 11. The first kappa shape index (κ1) is 19.7. The molecule has 0 aliphatic heterocycles. The number of aliphatic hydroxyl groups excluding tert-OH is 3. The lowest BCUT2D eigenvalue weighted by molar-refractivity contribution is -0.134. The molecule has 1 amide bonds. The van der Waals surface area contributed by atoms with Crippen molar-refractivity contribution in [2.75, 3.05) is 29.6 Å². The van der Waals surface area contributed by atoms with Crippen molar-refractivity contribution in [1.82, 2.24) is 5.32 Å². The summed E-state index contributed by atoms with van der Waals surface area (Å²) >= 11 is 2.68. The second-order valence-corrected chi connectivity index (χ2v) is 6.59. The highest BCUT2D eigenvalue weighted by Gasteiger charge is 2.29. The molecule has 0 aromatic heterocycles. The van der Waals surface area contributed by atoms with Gasteiger partial charge in [0.05, 0.1) is 11.9 Å². The number of hydrogen-bond donors (Lipinski definition) is 4. The Hall–Kier alpha value is -0.280. The number of Topliss-reactive ketones (excluding diaryl/α,β-unsaturated/α-hetero) is 1. The van der Waals surface area contributed by atoms with E-state index in [1.165, 1.54) is 30.4 Å². The van der Waals surface area contributed by atoms with Gasteiger partial charge in [0, 0.05) is 25.0 Å². The second-order valence-electron chi connectivity index (χ2n) is 4.16. The molecule has 0 spiro atoms. The van der Waals surface area contributed by atoms with E-state index in [1.807, 2.05) is 6.92 Å². The fourth-order valence-electron chi connectivity index (χ4n) is 1.30. The van der Waals surface area contributed by atoms with Gasteiger partial charge in [0.15, 0.2) is 5.78 Å². The van der Waals surface area contributed by atoms with Crippen LogP contribution >= 0.6 is 23.5 Å². The molecule has 3 atom stereocenters. The van der Waals surface area contributed by atoms with Crippen LogP contribution in [0.2, 0.25) is 0 Å². The molecule has 0 radical (unpaired) electrons. The molecule has 20 heavy (non-hydrogen) atoms. The summed E-state index contributed by atoms with van der Waals surface area (Å²) < 4.78 is 0. The van der Waals surface area contributed by atoms with Gasteiger partial charge in [-0.05, 0) is 5.75 Å². The molecule has 0 rings (SSSR count). The standard InChI is InChI=1S/C12H23NO5S2/c1-3-19-6-9(15)11(17)12(18)10(16)7-20-5-4-13-8(2)14/h9,11-12,15,17-18H,3-7H2,1-2H3,(H,13,14)/t9-,11+,12+/m0/s1. The molecule has 8 heteroatoms. The van der Waals surface area contributed by atoms with Crippen molar-refractivity contribution >= 4 is 35.2 Å². The zero-order chi connectivity index (χ0) is 15.5. The minimum Gasteiger partial charge on any atom is -0.389 e. The van der Waals surface area contributed by atoms with Gasteiger partial charge in [-0.25, -0.2) is 0 Å². The average Bonchev–Trinajstić information content (AvgIpc) is 2.42. The molecule has 0 bridgehead atoms. The third-order valence-corrected chi connectivity index (χ3v) is 4.37.